The predicted molar refractivity (Wildman–Crippen MR) is 112 cm³/mol. The Morgan fingerprint density at radius 1 is 0.538 bits per heavy atom. The van der Waals surface area contributed by atoms with Crippen molar-refractivity contribution in [3.63, 3.8) is 0 Å². The number of hydrogen-bond acceptors (Lipinski definition) is 0. The van der Waals surface area contributed by atoms with Crippen LogP contribution in [0.2, 0.25) is 0 Å². The molecule has 0 aliphatic heterocycles. The van der Waals surface area contributed by atoms with Gasteiger partial charge in [-0.1, -0.05) is 97.1 Å². The summed E-state index contributed by atoms with van der Waals surface area (Å²) in [5.41, 5.74) is 8.05. The molecule has 0 bridgehead atoms. The fourth-order valence-corrected chi connectivity index (χ4v) is 3.47. The molecule has 1 aliphatic rings. The lowest BCUT2D eigenvalue weighted by Crippen LogP contribution is -1.92. The summed E-state index contributed by atoms with van der Waals surface area (Å²) >= 11 is 0. The summed E-state index contributed by atoms with van der Waals surface area (Å²) in [6, 6.07) is 28.6. The first kappa shape index (κ1) is 16.6. The van der Waals surface area contributed by atoms with Crippen LogP contribution in [-0.4, -0.2) is 0 Å². The highest BCUT2D eigenvalue weighted by atomic mass is 14.1. The first-order chi connectivity index (χ1) is 12.9. The quantitative estimate of drug-likeness (QED) is 0.477. The summed E-state index contributed by atoms with van der Waals surface area (Å²) in [5.74, 6) is 0. The van der Waals surface area contributed by atoms with E-state index in [2.05, 4.69) is 97.1 Å². The van der Waals surface area contributed by atoms with E-state index in [9.17, 15) is 0 Å². The monoisotopic (exact) mass is 336 g/mol. The highest BCUT2D eigenvalue weighted by Gasteiger charge is 2.02. The van der Waals surface area contributed by atoms with Gasteiger partial charge in [-0.25, -0.2) is 0 Å². The van der Waals surface area contributed by atoms with E-state index in [1.54, 1.807) is 0 Å². The molecule has 1 aliphatic carbocycles. The van der Waals surface area contributed by atoms with E-state index < -0.39 is 0 Å². The summed E-state index contributed by atoms with van der Waals surface area (Å²) in [6.07, 6.45) is 11.3. The summed E-state index contributed by atoms with van der Waals surface area (Å²) in [6.45, 7) is 0. The van der Waals surface area contributed by atoms with Crippen LogP contribution in [0.3, 0.4) is 0 Å². The lowest BCUT2D eigenvalue weighted by molar-refractivity contribution is 0.960. The molecule has 0 fully saturated rings. The zero-order valence-electron chi connectivity index (χ0n) is 15.1. The average Bonchev–Trinajstić information content (AvgIpc) is 2.74. The van der Waals surface area contributed by atoms with Gasteiger partial charge in [0.2, 0.25) is 0 Å². The van der Waals surface area contributed by atoms with Crippen molar-refractivity contribution in [2.24, 2.45) is 0 Å². The second kappa shape index (κ2) is 8.01. The minimum Gasteiger partial charge on any atom is -0.0836 e. The van der Waals surface area contributed by atoms with Crippen LogP contribution in [0.25, 0.3) is 16.7 Å². The number of aryl methyl sites for hydroxylation is 2. The smallest absolute Gasteiger partial charge is 0.0184 e. The minimum absolute atomic E-state index is 1.08. The third-order valence-electron chi connectivity index (χ3n) is 5.05. The molecule has 0 saturated heterocycles. The lowest BCUT2D eigenvalue weighted by atomic mass is 9.97. The van der Waals surface area contributed by atoms with Gasteiger partial charge in [0, 0.05) is 0 Å². The van der Waals surface area contributed by atoms with Gasteiger partial charge in [0.1, 0.15) is 0 Å². The Labute approximate surface area is 156 Å². The maximum Gasteiger partial charge on any atom is -0.0184 e. The van der Waals surface area contributed by atoms with Crippen LogP contribution < -0.4 is 0 Å². The van der Waals surface area contributed by atoms with Gasteiger partial charge in [-0.05, 0) is 59.1 Å². The van der Waals surface area contributed by atoms with Crippen LogP contribution in [0.1, 0.15) is 29.5 Å². The van der Waals surface area contributed by atoms with Crippen molar-refractivity contribution in [3.05, 3.63) is 114 Å². The molecule has 128 valence electrons. The topological polar surface area (TPSA) is 0 Å². The van der Waals surface area contributed by atoms with Gasteiger partial charge in [-0.2, -0.15) is 0 Å². The molecule has 4 rings (SSSR count). The number of allylic oxidation sites excluding steroid dienone is 4. The van der Waals surface area contributed by atoms with Crippen molar-refractivity contribution in [1.82, 2.24) is 0 Å². The SMILES string of the molecule is C1=CC(c2ccc(CCc3ccc(-c4ccccc4)cc3)cc2)=CCC1. The molecule has 0 heteroatoms. The maximum absolute atomic E-state index is 2.34. The van der Waals surface area contributed by atoms with Crippen molar-refractivity contribution in [2.75, 3.05) is 0 Å². The molecule has 0 saturated carbocycles. The van der Waals surface area contributed by atoms with Gasteiger partial charge >= 0.3 is 0 Å². The molecule has 0 spiro atoms. The standard InChI is InChI=1S/C26H24/c1-3-7-23(8-4-1)25-17-13-21(14-18-25)11-12-22-15-19-26(20-16-22)24-9-5-2-6-10-24/h1,3-5,7-10,13-20H,2,6,11-12H2. The molecule has 0 radical (unpaired) electrons. The van der Waals surface area contributed by atoms with E-state index in [-0.39, 0.29) is 0 Å². The molecule has 3 aromatic rings. The second-order valence-electron chi connectivity index (χ2n) is 6.90. The Balaban J connectivity index is 1.38. The van der Waals surface area contributed by atoms with Gasteiger partial charge in [0.25, 0.3) is 0 Å². The Hall–Kier alpha value is -2.86. The van der Waals surface area contributed by atoms with Gasteiger partial charge in [0.05, 0.1) is 0 Å². The summed E-state index contributed by atoms with van der Waals surface area (Å²) in [5, 5.41) is 0. The summed E-state index contributed by atoms with van der Waals surface area (Å²) in [7, 11) is 0. The first-order valence-electron chi connectivity index (χ1n) is 9.49. The Kier molecular flexibility index (Phi) is 5.12. The normalized spacial score (nSPS) is 13.5. The third-order valence-corrected chi connectivity index (χ3v) is 5.05. The summed E-state index contributed by atoms with van der Waals surface area (Å²) in [4.78, 5) is 0. The molecule has 0 amide bonds. The minimum atomic E-state index is 1.08. The molecule has 0 unspecified atom stereocenters. The van der Waals surface area contributed by atoms with E-state index in [0.29, 0.717) is 0 Å². The van der Waals surface area contributed by atoms with Crippen LogP contribution >= 0.6 is 0 Å². The predicted octanol–water partition coefficient (Wildman–Crippen LogP) is 6.87. The average molecular weight is 336 g/mol. The fraction of sp³-hybridized carbons (Fsp3) is 0.154. The van der Waals surface area contributed by atoms with Gasteiger partial charge in [-0.3, -0.25) is 0 Å². The largest absolute Gasteiger partial charge is 0.0836 e. The van der Waals surface area contributed by atoms with Crippen molar-refractivity contribution >= 4 is 5.57 Å². The second-order valence-corrected chi connectivity index (χ2v) is 6.90. The Morgan fingerprint density at radius 3 is 1.69 bits per heavy atom. The third kappa shape index (κ3) is 4.03. The van der Waals surface area contributed by atoms with E-state index in [0.717, 1.165) is 19.3 Å². The molecule has 0 heterocycles. The van der Waals surface area contributed by atoms with Crippen LogP contribution in [0.4, 0.5) is 0 Å². The first-order valence-corrected chi connectivity index (χ1v) is 9.49. The van der Waals surface area contributed by atoms with Crippen LogP contribution in [0.15, 0.2) is 97.1 Å². The van der Waals surface area contributed by atoms with E-state index >= 15 is 0 Å². The van der Waals surface area contributed by atoms with Crippen molar-refractivity contribution in [3.8, 4) is 11.1 Å². The lowest BCUT2D eigenvalue weighted by Gasteiger charge is -2.09. The van der Waals surface area contributed by atoms with E-state index in [1.165, 1.54) is 39.8 Å². The van der Waals surface area contributed by atoms with Gasteiger partial charge < -0.3 is 0 Å². The van der Waals surface area contributed by atoms with Crippen LogP contribution in [0.5, 0.6) is 0 Å². The number of hydrogen-bond donors (Lipinski definition) is 0. The molecule has 0 atom stereocenters. The van der Waals surface area contributed by atoms with Gasteiger partial charge in [-0.15, -0.1) is 0 Å². The number of benzene rings is 3. The number of rotatable bonds is 5. The van der Waals surface area contributed by atoms with Crippen LogP contribution in [0, 0.1) is 0 Å². The zero-order valence-corrected chi connectivity index (χ0v) is 15.1. The Bertz CT molecular complexity index is 895. The van der Waals surface area contributed by atoms with Crippen molar-refractivity contribution in [2.45, 2.75) is 25.7 Å². The van der Waals surface area contributed by atoms with E-state index in [1.807, 2.05) is 0 Å². The maximum atomic E-state index is 2.34. The van der Waals surface area contributed by atoms with Crippen molar-refractivity contribution in [1.29, 1.82) is 0 Å². The fourth-order valence-electron chi connectivity index (χ4n) is 3.47. The molecular formula is C26H24. The highest BCUT2D eigenvalue weighted by molar-refractivity contribution is 5.74. The molecule has 0 aromatic heterocycles. The molecule has 0 nitrogen and oxygen atoms in total. The summed E-state index contributed by atoms with van der Waals surface area (Å²) < 4.78 is 0. The molecule has 3 aromatic carbocycles. The van der Waals surface area contributed by atoms with E-state index in [4.69, 9.17) is 0 Å². The molecule has 0 N–H and O–H groups in total. The van der Waals surface area contributed by atoms with Crippen molar-refractivity contribution < 1.29 is 0 Å². The van der Waals surface area contributed by atoms with Gasteiger partial charge in [0.15, 0.2) is 0 Å². The zero-order chi connectivity index (χ0) is 17.6. The Morgan fingerprint density at radius 2 is 1.12 bits per heavy atom. The highest BCUT2D eigenvalue weighted by Crippen LogP contribution is 2.23. The van der Waals surface area contributed by atoms with Crippen LogP contribution in [-0.2, 0) is 12.8 Å². The molecule has 26 heavy (non-hydrogen) atoms. The molecular weight excluding hydrogens is 312 g/mol.